The molecule has 0 radical (unpaired) electrons. The molecule has 3 aromatic rings. The van der Waals surface area contributed by atoms with E-state index in [0.717, 1.165) is 22.0 Å². The zero-order chi connectivity index (χ0) is 13.4. The lowest BCUT2D eigenvalue weighted by Crippen LogP contribution is -1.92. The van der Waals surface area contributed by atoms with Gasteiger partial charge in [0.15, 0.2) is 0 Å². The van der Waals surface area contributed by atoms with Crippen LogP contribution < -0.4 is 0 Å². The van der Waals surface area contributed by atoms with Gasteiger partial charge in [-0.05, 0) is 31.5 Å². The zero-order valence-corrected chi connectivity index (χ0v) is 11.6. The van der Waals surface area contributed by atoms with Crippen molar-refractivity contribution in [2.75, 3.05) is 0 Å². The Labute approximate surface area is 117 Å². The van der Waals surface area contributed by atoms with Crippen LogP contribution in [-0.4, -0.2) is 10.2 Å². The molecular weight excluding hydrogens is 256 g/mol. The number of aryl methyl sites for hydroxylation is 2. The third-order valence-corrected chi connectivity index (χ3v) is 3.50. The summed E-state index contributed by atoms with van der Waals surface area (Å²) in [6, 6.07) is 12.2. The lowest BCUT2D eigenvalue weighted by molar-refractivity contribution is 1.05. The number of fused-ring (bicyclic) bond motifs is 1. The maximum absolute atomic E-state index is 6.02. The number of nitrogens with zero attached hydrogens (tertiary/aromatic N) is 2. The number of hydrogen-bond donors (Lipinski definition) is 0. The number of halogens is 1. The first kappa shape index (κ1) is 12.1. The average molecular weight is 269 g/mol. The van der Waals surface area contributed by atoms with Gasteiger partial charge in [-0.25, -0.2) is 0 Å². The molecule has 3 heteroatoms. The number of hydrogen-bond acceptors (Lipinski definition) is 2. The summed E-state index contributed by atoms with van der Waals surface area (Å²) in [5.41, 5.74) is 4.48. The minimum atomic E-state index is 0.715. The Morgan fingerprint density at radius 2 is 1.84 bits per heavy atom. The third-order valence-electron chi connectivity index (χ3n) is 3.26. The van der Waals surface area contributed by atoms with E-state index in [1.165, 1.54) is 11.1 Å². The molecule has 0 bridgehead atoms. The predicted molar refractivity (Wildman–Crippen MR) is 79.5 cm³/mol. The molecule has 2 nitrogen and oxygen atoms in total. The van der Waals surface area contributed by atoms with Gasteiger partial charge in [-0.3, -0.25) is 0 Å². The van der Waals surface area contributed by atoms with E-state index in [9.17, 15) is 0 Å². The first-order valence-electron chi connectivity index (χ1n) is 6.14. The molecule has 0 atom stereocenters. The van der Waals surface area contributed by atoms with Crippen LogP contribution in [0.1, 0.15) is 11.1 Å². The summed E-state index contributed by atoms with van der Waals surface area (Å²) in [4.78, 5) is 0. The molecule has 0 amide bonds. The average Bonchev–Trinajstić information content (AvgIpc) is 2.38. The number of rotatable bonds is 1. The van der Waals surface area contributed by atoms with Gasteiger partial charge >= 0.3 is 0 Å². The van der Waals surface area contributed by atoms with E-state index in [4.69, 9.17) is 11.6 Å². The second-order valence-corrected chi connectivity index (χ2v) is 5.18. The van der Waals surface area contributed by atoms with Gasteiger partial charge in [0.1, 0.15) is 5.69 Å². The van der Waals surface area contributed by atoms with Crippen molar-refractivity contribution in [1.82, 2.24) is 10.2 Å². The molecule has 19 heavy (non-hydrogen) atoms. The molecule has 0 saturated carbocycles. The fourth-order valence-electron chi connectivity index (χ4n) is 2.34. The molecule has 3 rings (SSSR count). The lowest BCUT2D eigenvalue weighted by Gasteiger charge is -2.08. The Balaban J connectivity index is 2.30. The van der Waals surface area contributed by atoms with Crippen LogP contribution >= 0.6 is 11.6 Å². The van der Waals surface area contributed by atoms with Crippen molar-refractivity contribution in [2.24, 2.45) is 0 Å². The van der Waals surface area contributed by atoms with Crippen LogP contribution in [0, 0.1) is 13.8 Å². The SMILES string of the molecule is Cc1ccc(-c2nncc3cc(Cl)ccc23)c(C)c1. The van der Waals surface area contributed by atoms with E-state index in [2.05, 4.69) is 42.2 Å². The molecule has 0 aliphatic rings. The van der Waals surface area contributed by atoms with E-state index in [0.29, 0.717) is 5.02 Å². The Morgan fingerprint density at radius 1 is 1.00 bits per heavy atom. The summed E-state index contributed by atoms with van der Waals surface area (Å²) in [5.74, 6) is 0. The summed E-state index contributed by atoms with van der Waals surface area (Å²) in [6.45, 7) is 4.18. The first-order valence-corrected chi connectivity index (χ1v) is 6.51. The van der Waals surface area contributed by atoms with Crippen molar-refractivity contribution in [3.8, 4) is 11.3 Å². The highest BCUT2D eigenvalue weighted by Gasteiger charge is 2.09. The summed E-state index contributed by atoms with van der Waals surface area (Å²) in [5, 5.41) is 11.2. The molecule has 2 aromatic carbocycles. The maximum atomic E-state index is 6.02. The minimum absolute atomic E-state index is 0.715. The molecule has 0 unspecified atom stereocenters. The van der Waals surface area contributed by atoms with Crippen LogP contribution in [0.5, 0.6) is 0 Å². The zero-order valence-electron chi connectivity index (χ0n) is 10.8. The molecule has 0 saturated heterocycles. The molecule has 0 N–H and O–H groups in total. The minimum Gasteiger partial charge on any atom is -0.158 e. The largest absolute Gasteiger partial charge is 0.158 e. The Kier molecular flexibility index (Phi) is 2.96. The molecule has 1 aromatic heterocycles. The van der Waals surface area contributed by atoms with Crippen molar-refractivity contribution in [3.63, 3.8) is 0 Å². The standard InChI is InChI=1S/C16H13ClN2/c1-10-3-5-14(11(2)7-10)16-15-6-4-13(17)8-12(15)9-18-19-16/h3-9H,1-2H3. The highest BCUT2D eigenvalue weighted by Crippen LogP contribution is 2.29. The molecule has 0 aliphatic heterocycles. The van der Waals surface area contributed by atoms with Gasteiger partial charge < -0.3 is 0 Å². The van der Waals surface area contributed by atoms with E-state index < -0.39 is 0 Å². The quantitative estimate of drug-likeness (QED) is 0.646. The van der Waals surface area contributed by atoms with Gasteiger partial charge in [-0.2, -0.15) is 5.10 Å². The van der Waals surface area contributed by atoms with E-state index in [-0.39, 0.29) is 0 Å². The fraction of sp³-hybridized carbons (Fsp3) is 0.125. The molecule has 1 heterocycles. The fourth-order valence-corrected chi connectivity index (χ4v) is 2.52. The van der Waals surface area contributed by atoms with Crippen molar-refractivity contribution >= 4 is 22.4 Å². The van der Waals surface area contributed by atoms with Crippen LogP contribution in [0.4, 0.5) is 0 Å². The van der Waals surface area contributed by atoms with Crippen LogP contribution in [-0.2, 0) is 0 Å². The monoisotopic (exact) mass is 268 g/mol. The predicted octanol–water partition coefficient (Wildman–Crippen LogP) is 4.57. The molecular formula is C16H13ClN2. The Bertz CT molecular complexity index is 766. The number of aromatic nitrogens is 2. The first-order chi connectivity index (χ1) is 9.15. The summed E-state index contributed by atoms with van der Waals surface area (Å²) < 4.78 is 0. The third kappa shape index (κ3) is 2.20. The van der Waals surface area contributed by atoms with Crippen LogP contribution in [0.25, 0.3) is 22.0 Å². The summed E-state index contributed by atoms with van der Waals surface area (Å²) in [7, 11) is 0. The summed E-state index contributed by atoms with van der Waals surface area (Å²) in [6.07, 6.45) is 1.74. The van der Waals surface area contributed by atoms with Crippen molar-refractivity contribution < 1.29 is 0 Å². The Morgan fingerprint density at radius 3 is 2.63 bits per heavy atom. The smallest absolute Gasteiger partial charge is 0.101 e. The number of benzene rings is 2. The summed E-state index contributed by atoms with van der Waals surface area (Å²) >= 11 is 6.02. The lowest BCUT2D eigenvalue weighted by atomic mass is 9.99. The normalized spacial score (nSPS) is 10.9. The van der Waals surface area contributed by atoms with Gasteiger partial charge in [0.2, 0.25) is 0 Å². The van der Waals surface area contributed by atoms with Gasteiger partial charge in [-0.15, -0.1) is 5.10 Å². The molecule has 0 aliphatic carbocycles. The van der Waals surface area contributed by atoms with Gasteiger partial charge in [0.05, 0.1) is 6.20 Å². The van der Waals surface area contributed by atoms with E-state index >= 15 is 0 Å². The Hall–Kier alpha value is -1.93. The van der Waals surface area contributed by atoms with Crippen molar-refractivity contribution in [1.29, 1.82) is 0 Å². The van der Waals surface area contributed by atoms with Crippen molar-refractivity contribution in [2.45, 2.75) is 13.8 Å². The molecule has 94 valence electrons. The highest BCUT2D eigenvalue weighted by atomic mass is 35.5. The topological polar surface area (TPSA) is 25.8 Å². The van der Waals surface area contributed by atoms with E-state index in [1.807, 2.05) is 18.2 Å². The van der Waals surface area contributed by atoms with Gasteiger partial charge in [0, 0.05) is 21.4 Å². The van der Waals surface area contributed by atoms with Crippen LogP contribution in [0.2, 0.25) is 5.02 Å². The molecule has 0 spiro atoms. The van der Waals surface area contributed by atoms with Crippen LogP contribution in [0.3, 0.4) is 0 Å². The van der Waals surface area contributed by atoms with Crippen LogP contribution in [0.15, 0.2) is 42.6 Å². The van der Waals surface area contributed by atoms with Crippen molar-refractivity contribution in [3.05, 3.63) is 58.7 Å². The maximum Gasteiger partial charge on any atom is 0.101 e. The highest BCUT2D eigenvalue weighted by molar-refractivity contribution is 6.31. The second kappa shape index (κ2) is 4.63. The second-order valence-electron chi connectivity index (χ2n) is 4.74. The van der Waals surface area contributed by atoms with Gasteiger partial charge in [0.25, 0.3) is 0 Å². The molecule has 0 fully saturated rings. The van der Waals surface area contributed by atoms with Gasteiger partial charge in [-0.1, -0.05) is 41.4 Å². The van der Waals surface area contributed by atoms with E-state index in [1.54, 1.807) is 6.20 Å².